The van der Waals surface area contributed by atoms with E-state index in [2.05, 4.69) is 0 Å². The molecule has 0 aliphatic rings. The Morgan fingerprint density at radius 3 is 2.33 bits per heavy atom. The predicted molar refractivity (Wildman–Crippen MR) is 76.6 cm³/mol. The first kappa shape index (κ1) is 15.4. The molecule has 0 unspecified atom stereocenters. The molecule has 1 atom stereocenters. The van der Waals surface area contributed by atoms with Crippen LogP contribution in [0.15, 0.2) is 54.6 Å². The Hall–Kier alpha value is -1.97. The van der Waals surface area contributed by atoms with Crippen LogP contribution in [0.1, 0.15) is 23.5 Å². The van der Waals surface area contributed by atoms with E-state index in [4.69, 9.17) is 4.74 Å². The topological polar surface area (TPSA) is 9.23 Å². The molecule has 112 valence electrons. The third kappa shape index (κ3) is 4.25. The number of aryl methyl sites for hydroxylation is 1. The highest BCUT2D eigenvalue weighted by Gasteiger charge is 2.40. The minimum Gasteiger partial charge on any atom is -0.497 e. The van der Waals surface area contributed by atoms with Gasteiger partial charge in [0.1, 0.15) is 5.75 Å². The molecule has 0 spiro atoms. The van der Waals surface area contributed by atoms with Gasteiger partial charge >= 0.3 is 6.18 Å². The standard InChI is InChI=1S/C17H17F3O/c1-21-15-9-5-8-14(12-15)16(17(18,19)20)11-10-13-6-3-2-4-7-13/h2-9,12,16H,10-11H2,1H3/t16-/m1/s1. The van der Waals surface area contributed by atoms with E-state index < -0.39 is 12.1 Å². The fourth-order valence-electron chi connectivity index (χ4n) is 2.33. The van der Waals surface area contributed by atoms with E-state index in [1.54, 1.807) is 12.1 Å². The minimum absolute atomic E-state index is 0.0285. The van der Waals surface area contributed by atoms with Crippen molar-refractivity contribution < 1.29 is 17.9 Å². The summed E-state index contributed by atoms with van der Waals surface area (Å²) in [7, 11) is 1.45. The second-order valence-corrected chi connectivity index (χ2v) is 4.90. The highest BCUT2D eigenvalue weighted by Crippen LogP contribution is 2.39. The van der Waals surface area contributed by atoms with Gasteiger partial charge in [-0.1, -0.05) is 42.5 Å². The van der Waals surface area contributed by atoms with E-state index in [9.17, 15) is 13.2 Å². The van der Waals surface area contributed by atoms with Crippen LogP contribution in [0.2, 0.25) is 0 Å². The molecule has 2 aromatic rings. The van der Waals surface area contributed by atoms with Crippen molar-refractivity contribution in [2.75, 3.05) is 7.11 Å². The van der Waals surface area contributed by atoms with Crippen molar-refractivity contribution in [3.63, 3.8) is 0 Å². The smallest absolute Gasteiger partial charge is 0.395 e. The van der Waals surface area contributed by atoms with Crippen LogP contribution in [-0.4, -0.2) is 13.3 Å². The summed E-state index contributed by atoms with van der Waals surface area (Å²) < 4.78 is 44.9. The molecule has 0 radical (unpaired) electrons. The van der Waals surface area contributed by atoms with Crippen molar-refractivity contribution in [1.82, 2.24) is 0 Å². The molecule has 0 bridgehead atoms. The number of rotatable bonds is 5. The predicted octanol–water partition coefficient (Wildman–Crippen LogP) is 4.97. The van der Waals surface area contributed by atoms with Gasteiger partial charge in [-0.05, 0) is 36.1 Å². The molecule has 0 fully saturated rings. The summed E-state index contributed by atoms with van der Waals surface area (Å²) in [6.45, 7) is 0. The average Bonchev–Trinajstić information content (AvgIpc) is 2.47. The van der Waals surface area contributed by atoms with Gasteiger partial charge in [0.25, 0.3) is 0 Å². The number of ether oxygens (including phenoxy) is 1. The van der Waals surface area contributed by atoms with Gasteiger partial charge in [0.15, 0.2) is 0 Å². The van der Waals surface area contributed by atoms with E-state index in [0.29, 0.717) is 12.2 Å². The summed E-state index contributed by atoms with van der Waals surface area (Å²) in [5.41, 5.74) is 1.16. The van der Waals surface area contributed by atoms with Crippen molar-refractivity contribution in [3.05, 3.63) is 65.7 Å². The Kier molecular flexibility index (Phi) is 4.89. The molecule has 0 aromatic heterocycles. The lowest BCUT2D eigenvalue weighted by molar-refractivity contribution is -0.151. The van der Waals surface area contributed by atoms with Crippen molar-refractivity contribution in [2.24, 2.45) is 0 Å². The van der Waals surface area contributed by atoms with Gasteiger partial charge in [0.05, 0.1) is 13.0 Å². The third-order valence-electron chi connectivity index (χ3n) is 3.46. The van der Waals surface area contributed by atoms with Gasteiger partial charge in [-0.15, -0.1) is 0 Å². The molecule has 0 aliphatic carbocycles. The zero-order chi connectivity index (χ0) is 15.3. The Morgan fingerprint density at radius 2 is 1.71 bits per heavy atom. The summed E-state index contributed by atoms with van der Waals surface area (Å²) in [6.07, 6.45) is -3.84. The van der Waals surface area contributed by atoms with Crippen molar-refractivity contribution in [2.45, 2.75) is 24.9 Å². The van der Waals surface area contributed by atoms with E-state index in [0.717, 1.165) is 5.56 Å². The van der Waals surface area contributed by atoms with E-state index >= 15 is 0 Å². The summed E-state index contributed by atoms with van der Waals surface area (Å²) in [6, 6.07) is 15.4. The number of hydrogen-bond donors (Lipinski definition) is 0. The van der Waals surface area contributed by atoms with Gasteiger partial charge in [-0.25, -0.2) is 0 Å². The van der Waals surface area contributed by atoms with E-state index in [1.807, 2.05) is 30.3 Å². The van der Waals surface area contributed by atoms with Crippen molar-refractivity contribution in [1.29, 1.82) is 0 Å². The fraction of sp³-hybridized carbons (Fsp3) is 0.294. The van der Waals surface area contributed by atoms with Crippen LogP contribution < -0.4 is 4.74 Å². The number of methoxy groups -OCH3 is 1. The number of alkyl halides is 3. The Bertz CT molecular complexity index is 564. The molecule has 0 saturated heterocycles. The molecule has 2 rings (SSSR count). The maximum absolute atomic E-state index is 13.3. The van der Waals surface area contributed by atoms with Gasteiger partial charge in [0, 0.05) is 0 Å². The summed E-state index contributed by atoms with van der Waals surface area (Å²) in [5, 5.41) is 0. The SMILES string of the molecule is COc1cccc([C@@H](CCc2ccccc2)C(F)(F)F)c1. The van der Waals surface area contributed by atoms with Crippen LogP contribution in [0.3, 0.4) is 0 Å². The molecule has 0 heterocycles. The van der Waals surface area contributed by atoms with Crippen LogP contribution in [0.5, 0.6) is 5.75 Å². The largest absolute Gasteiger partial charge is 0.497 e. The lowest BCUT2D eigenvalue weighted by Crippen LogP contribution is -2.21. The minimum atomic E-state index is -4.26. The van der Waals surface area contributed by atoms with Gasteiger partial charge in [-0.3, -0.25) is 0 Å². The zero-order valence-corrected chi connectivity index (χ0v) is 11.7. The maximum Gasteiger partial charge on any atom is 0.395 e. The van der Waals surface area contributed by atoms with Crippen LogP contribution in [-0.2, 0) is 6.42 Å². The zero-order valence-electron chi connectivity index (χ0n) is 11.7. The molecule has 4 heteroatoms. The monoisotopic (exact) mass is 294 g/mol. The number of halogens is 3. The molecule has 0 amide bonds. The van der Waals surface area contributed by atoms with Gasteiger partial charge in [0.2, 0.25) is 0 Å². The van der Waals surface area contributed by atoms with Crippen LogP contribution in [0.4, 0.5) is 13.2 Å². The molecular formula is C17H17F3O. The van der Waals surface area contributed by atoms with Crippen molar-refractivity contribution in [3.8, 4) is 5.75 Å². The van der Waals surface area contributed by atoms with Gasteiger partial charge < -0.3 is 4.74 Å². The van der Waals surface area contributed by atoms with Crippen molar-refractivity contribution >= 4 is 0 Å². The fourth-order valence-corrected chi connectivity index (χ4v) is 2.33. The first-order chi connectivity index (χ1) is 10.0. The lowest BCUT2D eigenvalue weighted by atomic mass is 9.91. The summed E-state index contributed by atoms with van der Waals surface area (Å²) >= 11 is 0. The highest BCUT2D eigenvalue weighted by atomic mass is 19.4. The Morgan fingerprint density at radius 1 is 1.00 bits per heavy atom. The second-order valence-electron chi connectivity index (χ2n) is 4.90. The number of hydrogen-bond acceptors (Lipinski definition) is 1. The maximum atomic E-state index is 13.3. The molecule has 0 aliphatic heterocycles. The van der Waals surface area contributed by atoms with E-state index in [1.165, 1.54) is 19.2 Å². The van der Waals surface area contributed by atoms with E-state index in [-0.39, 0.29) is 12.0 Å². The van der Waals surface area contributed by atoms with Gasteiger partial charge in [-0.2, -0.15) is 13.2 Å². The molecule has 0 N–H and O–H groups in total. The second kappa shape index (κ2) is 6.66. The molecule has 2 aromatic carbocycles. The first-order valence-electron chi connectivity index (χ1n) is 6.75. The van der Waals surface area contributed by atoms with Crippen LogP contribution in [0, 0.1) is 0 Å². The highest BCUT2D eigenvalue weighted by molar-refractivity contribution is 5.32. The lowest BCUT2D eigenvalue weighted by Gasteiger charge is -2.21. The third-order valence-corrected chi connectivity index (χ3v) is 3.46. The van der Waals surface area contributed by atoms with Crippen LogP contribution in [0.25, 0.3) is 0 Å². The molecule has 1 nitrogen and oxygen atoms in total. The Balaban J connectivity index is 2.18. The molecular weight excluding hydrogens is 277 g/mol. The quantitative estimate of drug-likeness (QED) is 0.756. The molecule has 21 heavy (non-hydrogen) atoms. The summed E-state index contributed by atoms with van der Waals surface area (Å²) in [5.74, 6) is -1.03. The number of benzene rings is 2. The first-order valence-corrected chi connectivity index (χ1v) is 6.75. The summed E-state index contributed by atoms with van der Waals surface area (Å²) in [4.78, 5) is 0. The Labute approximate surface area is 122 Å². The van der Waals surface area contributed by atoms with Crippen LogP contribution >= 0.6 is 0 Å². The average molecular weight is 294 g/mol. The molecule has 0 saturated carbocycles. The normalized spacial score (nSPS) is 13.0.